The van der Waals surface area contributed by atoms with E-state index in [2.05, 4.69) is 32.6 Å². The molecule has 1 unspecified atom stereocenters. The van der Waals surface area contributed by atoms with Gasteiger partial charge in [0.1, 0.15) is 0 Å². The Morgan fingerprint density at radius 1 is 1.39 bits per heavy atom. The molecule has 18 heavy (non-hydrogen) atoms. The van der Waals surface area contributed by atoms with Crippen molar-refractivity contribution in [1.82, 2.24) is 10.6 Å². The molecule has 1 aromatic carbocycles. The van der Waals surface area contributed by atoms with E-state index in [-0.39, 0.29) is 24.4 Å². The lowest BCUT2D eigenvalue weighted by molar-refractivity contribution is -0.121. The normalized spacial score (nSPS) is 11.5. The predicted molar refractivity (Wildman–Crippen MR) is 81.2 cm³/mol. The van der Waals surface area contributed by atoms with E-state index in [1.807, 2.05) is 32.2 Å². The standard InChI is InChI=1S/C13H19BrN2O.ClH/c1-10(16-13(17)7-8-15-2)9-11-5-3-4-6-12(11)14;/h3-6,10,15H,7-9H2,1-2H3,(H,16,17);1H. The lowest BCUT2D eigenvalue weighted by Gasteiger charge is -2.14. The quantitative estimate of drug-likeness (QED) is 0.839. The first kappa shape index (κ1) is 17.4. The molecule has 0 aliphatic carbocycles. The molecule has 0 spiro atoms. The van der Waals surface area contributed by atoms with Gasteiger partial charge >= 0.3 is 0 Å². The van der Waals surface area contributed by atoms with E-state index >= 15 is 0 Å². The van der Waals surface area contributed by atoms with Crippen LogP contribution in [0, 0.1) is 0 Å². The summed E-state index contributed by atoms with van der Waals surface area (Å²) in [5.41, 5.74) is 1.22. The maximum Gasteiger partial charge on any atom is 0.221 e. The number of halogens is 2. The molecule has 0 heterocycles. The Balaban J connectivity index is 0.00000289. The Bertz CT molecular complexity index is 374. The average molecular weight is 336 g/mol. The molecule has 2 N–H and O–H groups in total. The van der Waals surface area contributed by atoms with Gasteiger partial charge in [-0.25, -0.2) is 0 Å². The van der Waals surface area contributed by atoms with E-state index in [0.717, 1.165) is 10.9 Å². The topological polar surface area (TPSA) is 41.1 Å². The summed E-state index contributed by atoms with van der Waals surface area (Å²) in [6, 6.07) is 8.24. The third-order valence-electron chi connectivity index (χ3n) is 2.49. The van der Waals surface area contributed by atoms with Gasteiger partial charge in [0.05, 0.1) is 0 Å². The van der Waals surface area contributed by atoms with Crippen LogP contribution in [0.15, 0.2) is 28.7 Å². The van der Waals surface area contributed by atoms with E-state index in [1.54, 1.807) is 0 Å². The van der Waals surface area contributed by atoms with Crippen LogP contribution in [0.1, 0.15) is 18.9 Å². The van der Waals surface area contributed by atoms with Crippen molar-refractivity contribution >= 4 is 34.2 Å². The lowest BCUT2D eigenvalue weighted by atomic mass is 10.1. The first-order valence-corrected chi connectivity index (χ1v) is 6.60. The molecule has 1 amide bonds. The summed E-state index contributed by atoms with van der Waals surface area (Å²) in [6.45, 7) is 2.74. The van der Waals surface area contributed by atoms with Gasteiger partial charge in [0.2, 0.25) is 5.91 Å². The van der Waals surface area contributed by atoms with Crippen molar-refractivity contribution in [2.75, 3.05) is 13.6 Å². The van der Waals surface area contributed by atoms with Crippen LogP contribution in [0.2, 0.25) is 0 Å². The van der Waals surface area contributed by atoms with Crippen molar-refractivity contribution < 1.29 is 4.79 Å². The molecule has 5 heteroatoms. The Labute approximate surface area is 123 Å². The van der Waals surface area contributed by atoms with Crippen molar-refractivity contribution in [2.24, 2.45) is 0 Å². The molecule has 1 rings (SSSR count). The molecule has 3 nitrogen and oxygen atoms in total. The molecule has 1 atom stereocenters. The molecule has 0 fully saturated rings. The summed E-state index contributed by atoms with van der Waals surface area (Å²) in [5, 5.41) is 5.95. The molecule has 0 saturated carbocycles. The highest BCUT2D eigenvalue weighted by molar-refractivity contribution is 9.10. The van der Waals surface area contributed by atoms with Gasteiger partial charge in [-0.2, -0.15) is 0 Å². The first-order valence-electron chi connectivity index (χ1n) is 5.81. The fourth-order valence-corrected chi connectivity index (χ4v) is 2.08. The molecular weight excluding hydrogens is 316 g/mol. The fourth-order valence-electron chi connectivity index (χ4n) is 1.63. The minimum Gasteiger partial charge on any atom is -0.353 e. The van der Waals surface area contributed by atoms with Gasteiger partial charge in [-0.3, -0.25) is 4.79 Å². The van der Waals surface area contributed by atoms with Crippen LogP contribution in [-0.4, -0.2) is 25.5 Å². The smallest absolute Gasteiger partial charge is 0.221 e. The molecule has 102 valence electrons. The minimum absolute atomic E-state index is 0. The van der Waals surface area contributed by atoms with E-state index in [1.165, 1.54) is 5.56 Å². The van der Waals surface area contributed by atoms with Gasteiger partial charge < -0.3 is 10.6 Å². The van der Waals surface area contributed by atoms with Gasteiger partial charge in [-0.05, 0) is 32.0 Å². The molecule has 0 radical (unpaired) electrons. The number of nitrogens with one attached hydrogen (secondary N) is 2. The van der Waals surface area contributed by atoms with Crippen molar-refractivity contribution in [2.45, 2.75) is 25.8 Å². The Morgan fingerprint density at radius 3 is 2.67 bits per heavy atom. The summed E-state index contributed by atoms with van der Waals surface area (Å²) in [4.78, 5) is 11.5. The van der Waals surface area contributed by atoms with Crippen LogP contribution in [0.5, 0.6) is 0 Å². The first-order chi connectivity index (χ1) is 8.13. The van der Waals surface area contributed by atoms with Gasteiger partial charge in [-0.15, -0.1) is 12.4 Å². The molecule has 0 aliphatic rings. The number of carbonyl (C=O) groups excluding carboxylic acids is 1. The van der Waals surface area contributed by atoms with E-state index < -0.39 is 0 Å². The summed E-state index contributed by atoms with van der Waals surface area (Å²) in [5.74, 6) is 0.0962. The zero-order valence-electron chi connectivity index (χ0n) is 10.7. The average Bonchev–Trinajstić information content (AvgIpc) is 2.29. The second-order valence-electron chi connectivity index (χ2n) is 4.12. The van der Waals surface area contributed by atoms with Crippen molar-refractivity contribution in [3.05, 3.63) is 34.3 Å². The van der Waals surface area contributed by atoms with Gasteiger partial charge in [0.25, 0.3) is 0 Å². The molecule has 0 saturated heterocycles. The number of hydrogen-bond donors (Lipinski definition) is 2. The number of carbonyl (C=O) groups is 1. The summed E-state index contributed by atoms with van der Waals surface area (Å²) >= 11 is 3.51. The second kappa shape index (κ2) is 9.36. The summed E-state index contributed by atoms with van der Waals surface area (Å²) < 4.78 is 1.09. The van der Waals surface area contributed by atoms with Crippen LogP contribution in [0.4, 0.5) is 0 Å². The van der Waals surface area contributed by atoms with E-state index in [9.17, 15) is 4.79 Å². The predicted octanol–water partition coefficient (Wildman–Crippen LogP) is 2.53. The summed E-state index contributed by atoms with van der Waals surface area (Å²) in [7, 11) is 1.85. The fraction of sp³-hybridized carbons (Fsp3) is 0.462. The van der Waals surface area contributed by atoms with Gasteiger partial charge in [-0.1, -0.05) is 34.1 Å². The maximum atomic E-state index is 11.5. The SMILES string of the molecule is CNCCC(=O)NC(C)Cc1ccccc1Br.Cl. The van der Waals surface area contributed by atoms with Crippen LogP contribution >= 0.6 is 28.3 Å². The molecule has 0 aromatic heterocycles. The Morgan fingerprint density at radius 2 is 2.06 bits per heavy atom. The van der Waals surface area contributed by atoms with Crippen molar-refractivity contribution in [3.63, 3.8) is 0 Å². The minimum atomic E-state index is 0. The maximum absolute atomic E-state index is 11.5. The second-order valence-corrected chi connectivity index (χ2v) is 4.97. The Kier molecular flexibility index (Phi) is 9.06. The van der Waals surface area contributed by atoms with Crippen molar-refractivity contribution in [3.8, 4) is 0 Å². The lowest BCUT2D eigenvalue weighted by Crippen LogP contribution is -2.35. The van der Waals surface area contributed by atoms with Crippen LogP contribution in [-0.2, 0) is 11.2 Å². The number of rotatable bonds is 6. The van der Waals surface area contributed by atoms with Crippen molar-refractivity contribution in [1.29, 1.82) is 0 Å². The number of benzene rings is 1. The van der Waals surface area contributed by atoms with Crippen LogP contribution in [0.3, 0.4) is 0 Å². The molecule has 0 bridgehead atoms. The molecular formula is C13H20BrClN2O. The molecule has 1 aromatic rings. The number of hydrogen-bond acceptors (Lipinski definition) is 2. The zero-order chi connectivity index (χ0) is 12.7. The van der Waals surface area contributed by atoms with Crippen LogP contribution < -0.4 is 10.6 Å². The van der Waals surface area contributed by atoms with E-state index in [4.69, 9.17) is 0 Å². The highest BCUT2D eigenvalue weighted by atomic mass is 79.9. The largest absolute Gasteiger partial charge is 0.353 e. The highest BCUT2D eigenvalue weighted by Crippen LogP contribution is 2.17. The number of amides is 1. The highest BCUT2D eigenvalue weighted by Gasteiger charge is 2.09. The Hall–Kier alpha value is -0.580. The third-order valence-corrected chi connectivity index (χ3v) is 3.27. The summed E-state index contributed by atoms with van der Waals surface area (Å²) in [6.07, 6.45) is 1.36. The molecule has 0 aliphatic heterocycles. The third kappa shape index (κ3) is 6.38. The van der Waals surface area contributed by atoms with Gasteiger partial charge in [0, 0.05) is 23.5 Å². The zero-order valence-corrected chi connectivity index (χ0v) is 13.1. The van der Waals surface area contributed by atoms with Crippen LogP contribution in [0.25, 0.3) is 0 Å². The van der Waals surface area contributed by atoms with E-state index in [0.29, 0.717) is 13.0 Å². The monoisotopic (exact) mass is 334 g/mol. The van der Waals surface area contributed by atoms with Gasteiger partial charge in [0.15, 0.2) is 0 Å².